The van der Waals surface area contributed by atoms with Crippen LogP contribution >= 0.6 is 0 Å². The van der Waals surface area contributed by atoms with Crippen LogP contribution in [0.2, 0.25) is 0 Å². The lowest BCUT2D eigenvalue weighted by molar-refractivity contribution is -0.134. The maximum Gasteiger partial charge on any atom is 0.222 e. The second-order valence-corrected chi connectivity index (χ2v) is 5.47. The third-order valence-electron chi connectivity index (χ3n) is 3.68. The zero-order chi connectivity index (χ0) is 12.9. The van der Waals surface area contributed by atoms with Gasteiger partial charge in [-0.1, -0.05) is 6.42 Å². The fourth-order valence-corrected chi connectivity index (χ4v) is 2.14. The van der Waals surface area contributed by atoms with Crippen molar-refractivity contribution in [2.75, 3.05) is 26.7 Å². The van der Waals surface area contributed by atoms with Crippen LogP contribution in [0.25, 0.3) is 0 Å². The van der Waals surface area contributed by atoms with Crippen LogP contribution in [0.5, 0.6) is 0 Å². The summed E-state index contributed by atoms with van der Waals surface area (Å²) < 4.78 is 5.44. The summed E-state index contributed by atoms with van der Waals surface area (Å²) in [5, 5.41) is 0. The molecule has 17 heavy (non-hydrogen) atoms. The summed E-state index contributed by atoms with van der Waals surface area (Å²) >= 11 is 0. The molecule has 1 aliphatic rings. The Morgan fingerprint density at radius 1 is 1.47 bits per heavy atom. The number of hydrogen-bond donors (Lipinski definition) is 1. The van der Waals surface area contributed by atoms with Crippen molar-refractivity contribution < 1.29 is 9.53 Å². The molecule has 1 amide bonds. The highest BCUT2D eigenvalue weighted by Gasteiger charge is 2.38. The van der Waals surface area contributed by atoms with E-state index < -0.39 is 0 Å². The highest BCUT2D eigenvalue weighted by molar-refractivity contribution is 5.76. The number of rotatable bonds is 7. The molecule has 0 unspecified atom stereocenters. The highest BCUT2D eigenvalue weighted by atomic mass is 16.5. The summed E-state index contributed by atoms with van der Waals surface area (Å²) in [6, 6.07) is 0. The summed E-state index contributed by atoms with van der Waals surface area (Å²) in [6.07, 6.45) is 4.24. The fraction of sp³-hybridized carbons (Fsp3) is 0.923. The molecule has 4 nitrogen and oxygen atoms in total. The monoisotopic (exact) mass is 242 g/mol. The van der Waals surface area contributed by atoms with Gasteiger partial charge in [0.05, 0.1) is 12.7 Å². The Kier molecular flexibility index (Phi) is 5.40. The number of nitrogens with zero attached hydrogens (tertiary/aromatic N) is 1. The summed E-state index contributed by atoms with van der Waals surface area (Å²) in [5.74, 6) is 0.197. The first-order valence-electron chi connectivity index (χ1n) is 6.55. The van der Waals surface area contributed by atoms with Gasteiger partial charge < -0.3 is 15.4 Å². The van der Waals surface area contributed by atoms with Crippen molar-refractivity contribution in [1.29, 1.82) is 0 Å². The molecule has 1 saturated carbocycles. The van der Waals surface area contributed by atoms with Gasteiger partial charge in [0.15, 0.2) is 0 Å². The molecule has 0 aromatic rings. The van der Waals surface area contributed by atoms with Crippen LogP contribution < -0.4 is 5.73 Å². The highest BCUT2D eigenvalue weighted by Crippen LogP contribution is 2.43. The van der Waals surface area contributed by atoms with Gasteiger partial charge >= 0.3 is 0 Å². The third-order valence-corrected chi connectivity index (χ3v) is 3.68. The van der Waals surface area contributed by atoms with E-state index in [-0.39, 0.29) is 17.4 Å². The van der Waals surface area contributed by atoms with E-state index in [9.17, 15) is 4.79 Å². The van der Waals surface area contributed by atoms with Gasteiger partial charge in [0.2, 0.25) is 5.91 Å². The summed E-state index contributed by atoms with van der Waals surface area (Å²) in [4.78, 5) is 13.8. The minimum absolute atomic E-state index is 0.101. The molecule has 0 heterocycles. The average molecular weight is 242 g/mol. The van der Waals surface area contributed by atoms with Crippen molar-refractivity contribution in [3.8, 4) is 0 Å². The van der Waals surface area contributed by atoms with E-state index in [4.69, 9.17) is 10.5 Å². The lowest BCUT2D eigenvalue weighted by Gasteiger charge is -2.41. The Labute approximate surface area is 104 Å². The molecular weight excluding hydrogens is 216 g/mol. The number of amides is 1. The first-order chi connectivity index (χ1) is 7.99. The molecule has 0 aromatic carbocycles. The van der Waals surface area contributed by atoms with E-state index in [1.165, 1.54) is 6.42 Å². The van der Waals surface area contributed by atoms with Crippen LogP contribution in [0.1, 0.15) is 39.5 Å². The zero-order valence-corrected chi connectivity index (χ0v) is 11.4. The Morgan fingerprint density at radius 3 is 2.53 bits per heavy atom. The third kappa shape index (κ3) is 4.28. The van der Waals surface area contributed by atoms with E-state index in [1.807, 2.05) is 20.9 Å². The smallest absolute Gasteiger partial charge is 0.222 e. The predicted molar refractivity (Wildman–Crippen MR) is 68.7 cm³/mol. The number of carbonyl (C=O) groups is 1. The number of likely N-dealkylation sites (N-methyl/N-ethyl adjacent to an activating group) is 1. The SMILES string of the molecule is CC(C)OCCN(C)C(=O)CC1(CN)CCC1. The Morgan fingerprint density at radius 2 is 2.12 bits per heavy atom. The van der Waals surface area contributed by atoms with Crippen LogP contribution in [0.4, 0.5) is 0 Å². The quantitative estimate of drug-likeness (QED) is 0.734. The molecule has 0 aromatic heterocycles. The van der Waals surface area contributed by atoms with Gasteiger partial charge in [0.1, 0.15) is 0 Å². The molecule has 0 spiro atoms. The topological polar surface area (TPSA) is 55.6 Å². The lowest BCUT2D eigenvalue weighted by Crippen LogP contribution is -2.43. The largest absolute Gasteiger partial charge is 0.377 e. The molecule has 1 aliphatic carbocycles. The first kappa shape index (κ1) is 14.5. The van der Waals surface area contributed by atoms with Crippen LogP contribution in [0.3, 0.4) is 0 Å². The maximum atomic E-state index is 12.0. The molecule has 0 saturated heterocycles. The molecule has 1 rings (SSSR count). The van der Waals surface area contributed by atoms with Gasteiger partial charge in [0, 0.05) is 20.0 Å². The van der Waals surface area contributed by atoms with Gasteiger partial charge in [-0.3, -0.25) is 4.79 Å². The Hall–Kier alpha value is -0.610. The van der Waals surface area contributed by atoms with E-state index >= 15 is 0 Å². The van der Waals surface area contributed by atoms with Crippen LogP contribution in [-0.4, -0.2) is 43.7 Å². The Balaban J connectivity index is 2.26. The molecule has 0 bridgehead atoms. The molecular formula is C13H26N2O2. The van der Waals surface area contributed by atoms with Crippen molar-refractivity contribution in [2.45, 2.75) is 45.6 Å². The number of ether oxygens (including phenoxy) is 1. The molecule has 0 radical (unpaired) electrons. The van der Waals surface area contributed by atoms with Gasteiger partial charge in [-0.05, 0) is 38.6 Å². The Bertz CT molecular complexity index is 244. The summed E-state index contributed by atoms with van der Waals surface area (Å²) in [7, 11) is 1.84. The molecule has 2 N–H and O–H groups in total. The number of nitrogens with two attached hydrogens (primary N) is 1. The minimum atomic E-state index is 0.101. The molecule has 0 atom stereocenters. The van der Waals surface area contributed by atoms with Crippen LogP contribution in [0, 0.1) is 5.41 Å². The normalized spacial score (nSPS) is 17.9. The van der Waals surface area contributed by atoms with Crippen molar-refractivity contribution in [3.63, 3.8) is 0 Å². The van der Waals surface area contributed by atoms with Gasteiger partial charge in [-0.2, -0.15) is 0 Å². The predicted octanol–water partition coefficient (Wildman–Crippen LogP) is 1.39. The molecule has 1 fully saturated rings. The van der Waals surface area contributed by atoms with Crippen molar-refractivity contribution in [2.24, 2.45) is 11.1 Å². The fourth-order valence-electron chi connectivity index (χ4n) is 2.14. The van der Waals surface area contributed by atoms with Crippen LogP contribution in [0.15, 0.2) is 0 Å². The number of hydrogen-bond acceptors (Lipinski definition) is 3. The van der Waals surface area contributed by atoms with Gasteiger partial charge in [0.25, 0.3) is 0 Å². The van der Waals surface area contributed by atoms with E-state index in [1.54, 1.807) is 4.90 Å². The number of carbonyl (C=O) groups excluding carboxylic acids is 1. The van der Waals surface area contributed by atoms with E-state index in [0.29, 0.717) is 26.1 Å². The standard InChI is InChI=1S/C13H26N2O2/c1-11(2)17-8-7-15(3)12(16)9-13(10-14)5-4-6-13/h11H,4-10,14H2,1-3H3. The molecule has 4 heteroatoms. The zero-order valence-electron chi connectivity index (χ0n) is 11.4. The van der Waals surface area contributed by atoms with Gasteiger partial charge in [-0.25, -0.2) is 0 Å². The lowest BCUT2D eigenvalue weighted by atomic mass is 9.66. The van der Waals surface area contributed by atoms with E-state index in [2.05, 4.69) is 0 Å². The van der Waals surface area contributed by atoms with Crippen molar-refractivity contribution in [1.82, 2.24) is 4.90 Å². The van der Waals surface area contributed by atoms with E-state index in [0.717, 1.165) is 12.8 Å². The molecule has 0 aliphatic heterocycles. The van der Waals surface area contributed by atoms with Crippen molar-refractivity contribution in [3.05, 3.63) is 0 Å². The van der Waals surface area contributed by atoms with Crippen molar-refractivity contribution >= 4 is 5.91 Å². The first-order valence-corrected chi connectivity index (χ1v) is 6.55. The van der Waals surface area contributed by atoms with Crippen LogP contribution in [-0.2, 0) is 9.53 Å². The molecule has 100 valence electrons. The second kappa shape index (κ2) is 6.36. The van der Waals surface area contributed by atoms with Gasteiger partial charge in [-0.15, -0.1) is 0 Å². The summed E-state index contributed by atoms with van der Waals surface area (Å²) in [6.45, 7) is 5.90. The second-order valence-electron chi connectivity index (χ2n) is 5.47. The summed E-state index contributed by atoms with van der Waals surface area (Å²) in [5.41, 5.74) is 5.86. The maximum absolute atomic E-state index is 12.0. The average Bonchev–Trinajstić information content (AvgIpc) is 2.22. The minimum Gasteiger partial charge on any atom is -0.377 e.